The van der Waals surface area contributed by atoms with Gasteiger partial charge in [-0.3, -0.25) is 4.79 Å². The van der Waals surface area contributed by atoms with Gasteiger partial charge in [0.25, 0.3) is 11.6 Å². The van der Waals surface area contributed by atoms with E-state index < -0.39 is 0 Å². The van der Waals surface area contributed by atoms with Crippen LogP contribution < -0.4 is 10.1 Å². The lowest BCUT2D eigenvalue weighted by molar-refractivity contribution is 0.0943. The molecule has 1 N–H and O–H groups in total. The minimum Gasteiger partial charge on any atom is -0.496 e. The van der Waals surface area contributed by atoms with Gasteiger partial charge >= 0.3 is 0 Å². The smallest absolute Gasteiger partial charge is 0.259 e. The Labute approximate surface area is 191 Å². The molecule has 2 aromatic heterocycles. The van der Waals surface area contributed by atoms with Crippen LogP contribution in [-0.4, -0.2) is 48.7 Å². The average Bonchev–Trinajstić information content (AvgIpc) is 3.19. The Bertz CT molecular complexity index is 1280. The van der Waals surface area contributed by atoms with Crippen molar-refractivity contribution < 1.29 is 18.4 Å². The normalized spacial score (nSPS) is 12.2. The molecule has 2 heterocycles. The Morgan fingerprint density at radius 1 is 1.18 bits per heavy atom. The van der Waals surface area contributed by atoms with Gasteiger partial charge < -0.3 is 19.5 Å². The van der Waals surface area contributed by atoms with E-state index in [9.17, 15) is 9.18 Å². The SMILES string of the molecule is COc1ccccc1C(CNC(=O)c1cc(-c2ccc(F)cc2)nc2onc(C)c12)N(C)C. The van der Waals surface area contributed by atoms with E-state index in [1.165, 1.54) is 12.1 Å². The zero-order valence-electron chi connectivity index (χ0n) is 18.9. The number of carbonyl (C=O) groups is 1. The maximum Gasteiger partial charge on any atom is 0.259 e. The summed E-state index contributed by atoms with van der Waals surface area (Å²) in [6, 6.07) is 15.2. The molecule has 0 aliphatic rings. The van der Waals surface area contributed by atoms with Gasteiger partial charge in [0.05, 0.1) is 35.5 Å². The summed E-state index contributed by atoms with van der Waals surface area (Å²) in [4.78, 5) is 19.8. The van der Waals surface area contributed by atoms with Crippen molar-refractivity contribution in [1.29, 1.82) is 0 Å². The fourth-order valence-electron chi connectivity index (χ4n) is 3.84. The highest BCUT2D eigenvalue weighted by molar-refractivity contribution is 6.07. The summed E-state index contributed by atoms with van der Waals surface area (Å²) in [6.45, 7) is 2.12. The zero-order chi connectivity index (χ0) is 23.5. The second-order valence-electron chi connectivity index (χ2n) is 7.94. The van der Waals surface area contributed by atoms with Crippen LogP contribution in [0.2, 0.25) is 0 Å². The molecule has 4 rings (SSSR count). The molecule has 0 saturated heterocycles. The largest absolute Gasteiger partial charge is 0.496 e. The highest BCUT2D eigenvalue weighted by Crippen LogP contribution is 2.29. The number of amides is 1. The Morgan fingerprint density at radius 2 is 1.91 bits per heavy atom. The van der Waals surface area contributed by atoms with Crippen LogP contribution in [0.3, 0.4) is 0 Å². The average molecular weight is 448 g/mol. The first-order chi connectivity index (χ1) is 15.9. The molecule has 1 atom stereocenters. The lowest BCUT2D eigenvalue weighted by Crippen LogP contribution is -2.35. The van der Waals surface area contributed by atoms with Crippen molar-refractivity contribution in [2.75, 3.05) is 27.7 Å². The molecule has 7 nitrogen and oxygen atoms in total. The lowest BCUT2D eigenvalue weighted by atomic mass is 10.0. The van der Waals surface area contributed by atoms with Crippen molar-refractivity contribution in [3.05, 3.63) is 77.2 Å². The number of benzene rings is 2. The molecule has 33 heavy (non-hydrogen) atoms. The number of aromatic nitrogens is 2. The van der Waals surface area contributed by atoms with Crippen molar-refractivity contribution in [2.45, 2.75) is 13.0 Å². The molecular weight excluding hydrogens is 423 g/mol. The van der Waals surface area contributed by atoms with Crippen molar-refractivity contribution in [3.63, 3.8) is 0 Å². The number of pyridine rings is 1. The van der Waals surface area contributed by atoms with Crippen LogP contribution in [0.1, 0.15) is 27.7 Å². The van der Waals surface area contributed by atoms with E-state index in [1.54, 1.807) is 32.2 Å². The maximum absolute atomic E-state index is 13.4. The number of likely N-dealkylation sites (N-methyl/N-ethyl adjacent to an activating group) is 1. The molecule has 0 bridgehead atoms. The molecule has 8 heteroatoms. The van der Waals surface area contributed by atoms with Crippen molar-refractivity contribution in [2.24, 2.45) is 0 Å². The van der Waals surface area contributed by atoms with Gasteiger partial charge in [0, 0.05) is 17.7 Å². The Morgan fingerprint density at radius 3 is 2.61 bits per heavy atom. The number of hydrogen-bond donors (Lipinski definition) is 1. The molecule has 0 spiro atoms. The van der Waals surface area contributed by atoms with Crippen LogP contribution >= 0.6 is 0 Å². The van der Waals surface area contributed by atoms with Gasteiger partial charge in [-0.2, -0.15) is 0 Å². The molecule has 170 valence electrons. The van der Waals surface area contributed by atoms with Gasteiger partial charge in [-0.15, -0.1) is 0 Å². The summed E-state index contributed by atoms with van der Waals surface area (Å²) in [7, 11) is 5.53. The predicted molar refractivity (Wildman–Crippen MR) is 124 cm³/mol. The molecule has 1 amide bonds. The second-order valence-corrected chi connectivity index (χ2v) is 7.94. The van der Waals surface area contributed by atoms with Gasteiger partial charge in [0.15, 0.2) is 0 Å². The number of nitrogens with one attached hydrogen (secondary N) is 1. The molecule has 4 aromatic rings. The van der Waals surface area contributed by atoms with Crippen LogP contribution in [-0.2, 0) is 0 Å². The first kappa shape index (κ1) is 22.4. The van der Waals surface area contributed by atoms with E-state index in [0.717, 1.165) is 11.3 Å². The Kier molecular flexibility index (Phi) is 6.37. The molecule has 1 unspecified atom stereocenters. The third-order valence-corrected chi connectivity index (χ3v) is 5.58. The van der Waals surface area contributed by atoms with E-state index in [2.05, 4.69) is 15.5 Å². The standard InChI is InChI=1S/C25H25FN4O3/c1-15-23-19(13-20(28-25(23)33-29-15)16-9-11-17(26)12-10-16)24(31)27-14-21(30(2)3)18-7-5-6-8-22(18)32-4/h5-13,21H,14H2,1-4H3,(H,27,31). The topological polar surface area (TPSA) is 80.5 Å². The number of halogens is 1. The summed E-state index contributed by atoms with van der Waals surface area (Å²) < 4.78 is 24.2. The highest BCUT2D eigenvalue weighted by atomic mass is 19.1. The second kappa shape index (κ2) is 9.38. The van der Waals surface area contributed by atoms with Gasteiger partial charge in [-0.25, -0.2) is 9.37 Å². The fourth-order valence-corrected chi connectivity index (χ4v) is 3.84. The van der Waals surface area contributed by atoms with Crippen molar-refractivity contribution in [1.82, 2.24) is 20.4 Å². The Balaban J connectivity index is 1.67. The summed E-state index contributed by atoms with van der Waals surface area (Å²) in [6.07, 6.45) is 0. The van der Waals surface area contributed by atoms with Crippen LogP contribution in [0.5, 0.6) is 5.75 Å². The number of ether oxygens (including phenoxy) is 1. The van der Waals surface area contributed by atoms with Crippen LogP contribution in [0.15, 0.2) is 59.1 Å². The third kappa shape index (κ3) is 4.56. The monoisotopic (exact) mass is 448 g/mol. The van der Waals surface area contributed by atoms with Gasteiger partial charge in [-0.05, 0) is 57.4 Å². The summed E-state index contributed by atoms with van der Waals surface area (Å²) in [5.74, 6) is 0.128. The van der Waals surface area contributed by atoms with Gasteiger partial charge in [-0.1, -0.05) is 23.4 Å². The predicted octanol–water partition coefficient (Wildman–Crippen LogP) is 4.38. The van der Waals surface area contributed by atoms with Gasteiger partial charge in [0.1, 0.15) is 11.6 Å². The van der Waals surface area contributed by atoms with E-state index in [-0.39, 0.29) is 23.5 Å². The third-order valence-electron chi connectivity index (χ3n) is 5.58. The van der Waals surface area contributed by atoms with Crippen molar-refractivity contribution in [3.8, 4) is 17.0 Å². The first-order valence-electron chi connectivity index (χ1n) is 10.5. The fraction of sp³-hybridized carbons (Fsp3) is 0.240. The van der Waals surface area contributed by atoms with Crippen LogP contribution in [0.4, 0.5) is 4.39 Å². The Hall–Kier alpha value is -3.78. The molecule has 0 saturated carbocycles. The van der Waals surface area contributed by atoms with Gasteiger partial charge in [0.2, 0.25) is 0 Å². The molecule has 0 aliphatic carbocycles. The number of para-hydroxylation sites is 1. The highest BCUT2D eigenvalue weighted by Gasteiger charge is 2.23. The van der Waals surface area contributed by atoms with E-state index in [4.69, 9.17) is 9.26 Å². The summed E-state index contributed by atoms with van der Waals surface area (Å²) >= 11 is 0. The number of aryl methyl sites for hydroxylation is 1. The molecular formula is C25H25FN4O3. The minimum atomic E-state index is -0.348. The quantitative estimate of drug-likeness (QED) is 0.452. The van der Waals surface area contributed by atoms with Crippen LogP contribution in [0.25, 0.3) is 22.4 Å². The number of carbonyl (C=O) groups excluding carboxylic acids is 1. The van der Waals surface area contributed by atoms with E-state index >= 15 is 0 Å². The summed E-state index contributed by atoms with van der Waals surface area (Å²) in [5.41, 5.74) is 3.36. The molecule has 0 aliphatic heterocycles. The maximum atomic E-state index is 13.4. The summed E-state index contributed by atoms with van der Waals surface area (Å²) in [5, 5.41) is 7.57. The number of rotatable bonds is 7. The van der Waals surface area contributed by atoms with Crippen LogP contribution in [0, 0.1) is 12.7 Å². The molecule has 2 aromatic carbocycles. The molecule has 0 radical (unpaired) electrons. The number of nitrogens with zero attached hydrogens (tertiary/aromatic N) is 3. The number of hydrogen-bond acceptors (Lipinski definition) is 6. The minimum absolute atomic E-state index is 0.109. The first-order valence-corrected chi connectivity index (χ1v) is 10.5. The lowest BCUT2D eigenvalue weighted by Gasteiger charge is -2.26. The van der Waals surface area contributed by atoms with E-state index in [0.29, 0.717) is 34.4 Å². The van der Waals surface area contributed by atoms with E-state index in [1.807, 2.05) is 43.3 Å². The zero-order valence-corrected chi connectivity index (χ0v) is 18.9. The number of methoxy groups -OCH3 is 1. The number of fused-ring (bicyclic) bond motifs is 1. The molecule has 0 fully saturated rings. The van der Waals surface area contributed by atoms with Crippen molar-refractivity contribution >= 4 is 17.0 Å².